The average molecular weight is 624 g/mol. The molecule has 2 N–H and O–H groups in total. The first-order chi connectivity index (χ1) is 18.9. The fraction of sp³-hybridized carbons (Fsp3) is 0.630. The minimum Gasteiger partial charge on any atom is -0.496 e. The molecule has 0 bridgehead atoms. The number of amides is 1. The van der Waals surface area contributed by atoms with Gasteiger partial charge in [0.15, 0.2) is 5.69 Å². The van der Waals surface area contributed by atoms with Gasteiger partial charge in [0.1, 0.15) is 15.6 Å². The van der Waals surface area contributed by atoms with Crippen molar-refractivity contribution in [3.05, 3.63) is 34.5 Å². The lowest BCUT2D eigenvalue weighted by molar-refractivity contribution is -0.211. The summed E-state index contributed by atoms with van der Waals surface area (Å²) in [6, 6.07) is 4.64. The molecule has 1 fully saturated rings. The monoisotopic (exact) mass is 623 g/mol. The molecule has 0 unspecified atom stereocenters. The number of hydrogen-bond donors (Lipinski definition) is 2. The summed E-state index contributed by atoms with van der Waals surface area (Å²) in [5, 5.41) is 17.4. The Labute approximate surface area is 243 Å². The molecule has 41 heavy (non-hydrogen) atoms. The minimum atomic E-state index is -4.40. The number of ether oxygens (including phenoxy) is 2. The molecule has 3 rings (SSSR count). The van der Waals surface area contributed by atoms with Crippen LogP contribution in [0.3, 0.4) is 0 Å². The molecule has 0 aliphatic heterocycles. The Morgan fingerprint density at radius 3 is 2.41 bits per heavy atom. The number of hydrogen-bond acceptors (Lipinski definition) is 7. The SMILES string of the molecule is COCCn1nc(C(=O)NCC2(O)CCC(S(C)(=O)=O)CC2)c(Cl)c1-c1ccc(CC(C)(C)C(F)(F)F)cc1OC. The second kappa shape index (κ2) is 12.5. The zero-order valence-corrected chi connectivity index (χ0v) is 25.3. The van der Waals surface area contributed by atoms with Gasteiger partial charge in [0.2, 0.25) is 0 Å². The predicted molar refractivity (Wildman–Crippen MR) is 149 cm³/mol. The Morgan fingerprint density at radius 2 is 1.88 bits per heavy atom. The van der Waals surface area contributed by atoms with E-state index in [0.29, 0.717) is 16.8 Å². The lowest BCUT2D eigenvalue weighted by Gasteiger charge is -2.35. The third-order valence-corrected chi connectivity index (χ3v) is 9.64. The van der Waals surface area contributed by atoms with Gasteiger partial charge in [0.25, 0.3) is 5.91 Å². The van der Waals surface area contributed by atoms with Gasteiger partial charge in [-0.2, -0.15) is 18.3 Å². The second-order valence-corrected chi connectivity index (χ2v) is 14.0. The first-order valence-corrected chi connectivity index (χ1v) is 15.4. The van der Waals surface area contributed by atoms with E-state index in [1.54, 1.807) is 12.1 Å². The molecule has 0 saturated heterocycles. The highest BCUT2D eigenvalue weighted by atomic mass is 35.5. The summed E-state index contributed by atoms with van der Waals surface area (Å²) in [5.41, 5.74) is -2.20. The standard InChI is InChI=1S/C27H37ClF3N3O6S/c1-25(2,27(29,30)31)15-17-6-7-19(20(14-17)40-4)23-21(28)22(33-34(23)12-13-39-3)24(35)32-16-26(36)10-8-18(9-11-26)41(5,37)38/h6-7,14,18,36H,8-13,15-16H2,1-5H3,(H,32,35). The zero-order valence-electron chi connectivity index (χ0n) is 23.8. The van der Waals surface area contributed by atoms with E-state index in [9.17, 15) is 31.5 Å². The van der Waals surface area contributed by atoms with Crippen LogP contribution in [0, 0.1) is 5.41 Å². The van der Waals surface area contributed by atoms with E-state index in [2.05, 4.69) is 10.4 Å². The molecule has 1 aromatic carbocycles. The highest BCUT2D eigenvalue weighted by Crippen LogP contribution is 2.42. The van der Waals surface area contributed by atoms with Gasteiger partial charge in [-0.25, -0.2) is 8.42 Å². The summed E-state index contributed by atoms with van der Waals surface area (Å²) in [4.78, 5) is 13.2. The molecule has 9 nitrogen and oxygen atoms in total. The third kappa shape index (κ3) is 7.74. The van der Waals surface area contributed by atoms with Gasteiger partial charge in [-0.3, -0.25) is 9.48 Å². The molecule has 230 valence electrons. The number of benzene rings is 1. The number of carbonyl (C=O) groups excluding carboxylic acids is 1. The van der Waals surface area contributed by atoms with Gasteiger partial charge in [-0.15, -0.1) is 0 Å². The van der Waals surface area contributed by atoms with Crippen LogP contribution >= 0.6 is 11.6 Å². The van der Waals surface area contributed by atoms with Crippen molar-refractivity contribution < 1.29 is 41.0 Å². The maximum absolute atomic E-state index is 13.5. The van der Waals surface area contributed by atoms with Crippen LogP contribution in [0.25, 0.3) is 11.3 Å². The number of alkyl halides is 3. The van der Waals surface area contributed by atoms with Crippen molar-refractivity contribution in [2.45, 2.75) is 69.5 Å². The van der Waals surface area contributed by atoms with E-state index < -0.39 is 38.2 Å². The second-order valence-electron chi connectivity index (χ2n) is 11.3. The van der Waals surface area contributed by atoms with Crippen LogP contribution in [0.2, 0.25) is 5.02 Å². The molecule has 2 aromatic rings. The Balaban J connectivity index is 1.88. The van der Waals surface area contributed by atoms with Gasteiger partial charge < -0.3 is 19.9 Å². The van der Waals surface area contributed by atoms with Crippen LogP contribution in [-0.2, 0) is 27.5 Å². The number of rotatable bonds is 11. The molecule has 0 spiro atoms. The number of nitrogens with zero attached hydrogens (tertiary/aromatic N) is 2. The number of halogens is 4. The first kappa shape index (κ1) is 33.2. The highest BCUT2D eigenvalue weighted by molar-refractivity contribution is 7.91. The van der Waals surface area contributed by atoms with Crippen molar-refractivity contribution in [1.29, 1.82) is 0 Å². The lowest BCUT2D eigenvalue weighted by atomic mass is 9.84. The average Bonchev–Trinajstić information content (AvgIpc) is 3.20. The first-order valence-electron chi connectivity index (χ1n) is 13.1. The van der Waals surface area contributed by atoms with Gasteiger partial charge in [0, 0.05) is 25.5 Å². The van der Waals surface area contributed by atoms with E-state index in [1.165, 1.54) is 31.2 Å². The molecule has 1 aliphatic carbocycles. The number of methoxy groups -OCH3 is 2. The number of aliphatic hydroxyl groups is 1. The zero-order chi connectivity index (χ0) is 30.8. The van der Waals surface area contributed by atoms with Gasteiger partial charge in [-0.05, 0) is 49.8 Å². The fourth-order valence-corrected chi connectivity index (χ4v) is 6.31. The molecule has 0 atom stereocenters. The number of nitrogens with one attached hydrogen (secondary N) is 1. The molecule has 1 aromatic heterocycles. The number of carbonyl (C=O) groups is 1. The minimum absolute atomic E-state index is 0.00644. The molecular weight excluding hydrogens is 587 g/mol. The molecular formula is C27H37ClF3N3O6S. The van der Waals surface area contributed by atoms with Crippen molar-refractivity contribution in [2.24, 2.45) is 5.41 Å². The predicted octanol–water partition coefficient (Wildman–Crippen LogP) is 4.44. The normalized spacial score (nSPS) is 20.2. The van der Waals surface area contributed by atoms with Crippen LogP contribution in [0.5, 0.6) is 5.75 Å². The quantitative estimate of drug-likeness (QED) is 0.380. The topological polar surface area (TPSA) is 120 Å². The summed E-state index contributed by atoms with van der Waals surface area (Å²) >= 11 is 6.68. The summed E-state index contributed by atoms with van der Waals surface area (Å²) < 4.78 is 76.2. The van der Waals surface area contributed by atoms with Crippen LogP contribution in [0.15, 0.2) is 18.2 Å². The van der Waals surface area contributed by atoms with Crippen LogP contribution < -0.4 is 10.1 Å². The fourth-order valence-electron chi connectivity index (χ4n) is 4.90. The van der Waals surface area contributed by atoms with Crippen molar-refractivity contribution in [3.63, 3.8) is 0 Å². The number of sulfone groups is 1. The lowest BCUT2D eigenvalue weighted by Crippen LogP contribution is -2.47. The smallest absolute Gasteiger partial charge is 0.394 e. The number of aromatic nitrogens is 2. The van der Waals surface area contributed by atoms with E-state index in [-0.39, 0.29) is 68.3 Å². The summed E-state index contributed by atoms with van der Waals surface area (Å²) in [6.45, 7) is 2.58. The maximum atomic E-state index is 13.5. The van der Waals surface area contributed by atoms with Crippen molar-refractivity contribution in [1.82, 2.24) is 15.1 Å². The van der Waals surface area contributed by atoms with Crippen LogP contribution in [-0.4, -0.2) is 79.9 Å². The van der Waals surface area contributed by atoms with Gasteiger partial charge in [-0.1, -0.05) is 31.5 Å². The summed E-state index contributed by atoms with van der Waals surface area (Å²) in [7, 11) is -0.337. The van der Waals surface area contributed by atoms with E-state index >= 15 is 0 Å². The van der Waals surface area contributed by atoms with Gasteiger partial charge >= 0.3 is 6.18 Å². The Morgan fingerprint density at radius 1 is 1.24 bits per heavy atom. The van der Waals surface area contributed by atoms with Gasteiger partial charge in [0.05, 0.1) is 47.2 Å². The summed E-state index contributed by atoms with van der Waals surface area (Å²) in [5.74, 6) is -0.390. The molecule has 1 aliphatic rings. The van der Waals surface area contributed by atoms with E-state index in [1.807, 2.05) is 0 Å². The van der Waals surface area contributed by atoms with Crippen molar-refractivity contribution in [2.75, 3.05) is 33.6 Å². The van der Waals surface area contributed by atoms with Crippen LogP contribution in [0.4, 0.5) is 13.2 Å². The Kier molecular flexibility index (Phi) is 10.1. The Hall–Kier alpha value is -2.35. The summed E-state index contributed by atoms with van der Waals surface area (Å²) in [6.07, 6.45) is -2.50. The molecule has 14 heteroatoms. The highest BCUT2D eigenvalue weighted by Gasteiger charge is 2.47. The van der Waals surface area contributed by atoms with Crippen molar-refractivity contribution in [3.8, 4) is 17.0 Å². The van der Waals surface area contributed by atoms with Crippen LogP contribution in [0.1, 0.15) is 55.6 Å². The Bertz CT molecular complexity index is 1350. The molecule has 0 radical (unpaired) electrons. The van der Waals surface area contributed by atoms with E-state index in [0.717, 1.165) is 13.8 Å². The molecule has 1 saturated carbocycles. The molecule has 1 amide bonds. The van der Waals surface area contributed by atoms with E-state index in [4.69, 9.17) is 21.1 Å². The van der Waals surface area contributed by atoms with Crippen molar-refractivity contribution >= 4 is 27.3 Å². The third-order valence-electron chi connectivity index (χ3n) is 7.60. The maximum Gasteiger partial charge on any atom is 0.394 e. The largest absolute Gasteiger partial charge is 0.496 e. The molecule has 1 heterocycles.